The van der Waals surface area contributed by atoms with Gasteiger partial charge in [0, 0.05) is 63.5 Å². The molecule has 8 nitrogen and oxygen atoms in total. The topological polar surface area (TPSA) is 85.4 Å². The molecule has 2 fully saturated rings. The molecule has 0 bridgehead atoms. The number of piperazine rings is 1. The highest BCUT2D eigenvalue weighted by Crippen LogP contribution is 2.19. The quantitative estimate of drug-likeness (QED) is 0.269. The normalized spacial score (nSPS) is 16.4. The van der Waals surface area contributed by atoms with Crippen LogP contribution >= 0.6 is 0 Å². The maximum absolute atomic E-state index is 12.5. The third kappa shape index (κ3) is 10.0. The van der Waals surface area contributed by atoms with Crippen molar-refractivity contribution < 1.29 is 4.79 Å². The summed E-state index contributed by atoms with van der Waals surface area (Å²) in [6.45, 7) is 11.1. The second kappa shape index (κ2) is 16.5. The van der Waals surface area contributed by atoms with Gasteiger partial charge in [-0.15, -0.1) is 0 Å². The second-order valence-corrected chi connectivity index (χ2v) is 11.5. The zero-order valence-corrected chi connectivity index (χ0v) is 24.9. The SMILES string of the molecule is CCCCCC(=O)N1CCN(c2cc(C)nc(NCc3ccc(CNCCCNC4CCCCC4)cc3)n2)CC1. The minimum Gasteiger partial charge on any atom is -0.353 e. The highest BCUT2D eigenvalue weighted by atomic mass is 16.2. The van der Waals surface area contributed by atoms with Crippen molar-refractivity contribution in [3.05, 3.63) is 47.2 Å². The highest BCUT2D eigenvalue weighted by molar-refractivity contribution is 5.76. The summed E-state index contributed by atoms with van der Waals surface area (Å²) >= 11 is 0. The Hall–Kier alpha value is -2.71. The number of nitrogens with zero attached hydrogens (tertiary/aromatic N) is 4. The lowest BCUT2D eigenvalue weighted by Gasteiger charge is -2.35. The molecule has 2 aromatic rings. The molecule has 0 spiro atoms. The van der Waals surface area contributed by atoms with Crippen LogP contribution < -0.4 is 20.9 Å². The Bertz CT molecular complexity index is 1010. The molecule has 2 aliphatic rings. The Morgan fingerprint density at radius 3 is 2.35 bits per heavy atom. The van der Waals surface area contributed by atoms with Gasteiger partial charge in [0.2, 0.25) is 11.9 Å². The van der Waals surface area contributed by atoms with Crippen molar-refractivity contribution in [2.75, 3.05) is 49.5 Å². The molecule has 220 valence electrons. The Kier molecular flexibility index (Phi) is 12.5. The Balaban J connectivity index is 1.16. The van der Waals surface area contributed by atoms with Crippen LogP contribution in [0.5, 0.6) is 0 Å². The number of benzene rings is 1. The summed E-state index contributed by atoms with van der Waals surface area (Å²) in [6, 6.07) is 11.6. The molecule has 0 unspecified atom stereocenters. The Morgan fingerprint density at radius 2 is 1.62 bits per heavy atom. The maximum Gasteiger partial charge on any atom is 0.225 e. The van der Waals surface area contributed by atoms with Gasteiger partial charge >= 0.3 is 0 Å². The highest BCUT2D eigenvalue weighted by Gasteiger charge is 2.22. The number of aryl methyl sites for hydroxylation is 1. The van der Waals surface area contributed by atoms with Crippen molar-refractivity contribution in [1.82, 2.24) is 25.5 Å². The second-order valence-electron chi connectivity index (χ2n) is 11.5. The van der Waals surface area contributed by atoms with Crippen LogP contribution in [0.15, 0.2) is 30.3 Å². The van der Waals surface area contributed by atoms with Gasteiger partial charge in [0.05, 0.1) is 0 Å². The predicted molar refractivity (Wildman–Crippen MR) is 165 cm³/mol. The van der Waals surface area contributed by atoms with Gasteiger partial charge in [-0.05, 0) is 56.8 Å². The molecule has 0 radical (unpaired) electrons. The third-order valence-electron chi connectivity index (χ3n) is 8.16. The van der Waals surface area contributed by atoms with Crippen molar-refractivity contribution in [3.63, 3.8) is 0 Å². The van der Waals surface area contributed by atoms with Crippen LogP contribution in [0.3, 0.4) is 0 Å². The van der Waals surface area contributed by atoms with Crippen molar-refractivity contribution >= 4 is 17.7 Å². The number of amides is 1. The maximum atomic E-state index is 12.5. The molecule has 2 heterocycles. The number of aromatic nitrogens is 2. The van der Waals surface area contributed by atoms with Gasteiger partial charge in [-0.2, -0.15) is 4.98 Å². The number of carbonyl (C=O) groups excluding carboxylic acids is 1. The number of unbranched alkanes of at least 4 members (excludes halogenated alkanes) is 2. The predicted octanol–water partition coefficient (Wildman–Crippen LogP) is 5.03. The van der Waals surface area contributed by atoms with Crippen molar-refractivity contribution in [2.45, 2.75) is 97.2 Å². The van der Waals surface area contributed by atoms with Crippen LogP contribution in [-0.4, -0.2) is 66.1 Å². The minimum absolute atomic E-state index is 0.290. The van der Waals surface area contributed by atoms with Crippen LogP contribution in [0, 0.1) is 6.92 Å². The van der Waals surface area contributed by atoms with Crippen LogP contribution in [0.25, 0.3) is 0 Å². The molecule has 1 aromatic carbocycles. The van der Waals surface area contributed by atoms with E-state index in [1.54, 1.807) is 0 Å². The standard InChI is InChI=1S/C32H51N7O/c1-3-4-6-12-31(40)39-21-19-38(20-22-39)30-23-26(2)36-32(37-30)35-25-28-15-13-27(14-16-28)24-33-17-9-18-34-29-10-7-5-8-11-29/h13-16,23,29,33-34H,3-12,17-22,24-25H2,1-2H3,(H,35,36,37). The molecule has 1 aromatic heterocycles. The lowest BCUT2D eigenvalue weighted by Crippen LogP contribution is -2.49. The average molecular weight is 550 g/mol. The van der Waals surface area contributed by atoms with Crippen LogP contribution in [0.1, 0.15) is 88.0 Å². The molecule has 1 aliphatic carbocycles. The molecule has 8 heteroatoms. The molecule has 1 saturated carbocycles. The Morgan fingerprint density at radius 1 is 0.900 bits per heavy atom. The monoisotopic (exact) mass is 549 g/mol. The first-order valence-corrected chi connectivity index (χ1v) is 15.7. The van der Waals surface area contributed by atoms with E-state index in [2.05, 4.69) is 57.0 Å². The number of anilines is 2. The minimum atomic E-state index is 0.290. The van der Waals surface area contributed by atoms with E-state index in [0.717, 1.165) is 82.6 Å². The van der Waals surface area contributed by atoms with E-state index in [0.29, 0.717) is 24.8 Å². The van der Waals surface area contributed by atoms with Crippen LogP contribution in [0.2, 0.25) is 0 Å². The van der Waals surface area contributed by atoms with Gasteiger partial charge in [0.25, 0.3) is 0 Å². The molecular weight excluding hydrogens is 498 g/mol. The molecular formula is C32H51N7O. The third-order valence-corrected chi connectivity index (χ3v) is 8.16. The van der Waals surface area contributed by atoms with Gasteiger partial charge in [0.15, 0.2) is 0 Å². The van der Waals surface area contributed by atoms with Crippen molar-refractivity contribution in [3.8, 4) is 0 Å². The molecule has 1 saturated heterocycles. The number of nitrogens with one attached hydrogen (secondary N) is 3. The molecule has 4 rings (SSSR count). The van der Waals surface area contributed by atoms with Gasteiger partial charge in [-0.3, -0.25) is 4.79 Å². The summed E-state index contributed by atoms with van der Waals surface area (Å²) in [7, 11) is 0. The van der Waals surface area contributed by atoms with Crippen molar-refractivity contribution in [2.24, 2.45) is 0 Å². The van der Waals surface area contributed by atoms with Crippen LogP contribution in [0.4, 0.5) is 11.8 Å². The van der Waals surface area contributed by atoms with Gasteiger partial charge in [0.1, 0.15) is 5.82 Å². The molecule has 40 heavy (non-hydrogen) atoms. The Labute approximate surface area is 241 Å². The van der Waals surface area contributed by atoms with Gasteiger partial charge in [-0.1, -0.05) is 63.3 Å². The fourth-order valence-electron chi connectivity index (χ4n) is 5.68. The zero-order valence-electron chi connectivity index (χ0n) is 24.9. The average Bonchev–Trinajstić information content (AvgIpc) is 2.99. The van der Waals surface area contributed by atoms with Gasteiger partial charge < -0.3 is 25.8 Å². The fraction of sp³-hybridized carbons (Fsp3) is 0.656. The van der Waals surface area contributed by atoms with E-state index in [9.17, 15) is 4.79 Å². The van der Waals surface area contributed by atoms with Crippen molar-refractivity contribution in [1.29, 1.82) is 0 Å². The summed E-state index contributed by atoms with van der Waals surface area (Å²) in [5, 5.41) is 10.7. The van der Waals surface area contributed by atoms with E-state index in [4.69, 9.17) is 4.98 Å². The first kappa shape index (κ1) is 30.3. The first-order valence-electron chi connectivity index (χ1n) is 15.7. The van der Waals surface area contributed by atoms with E-state index in [1.807, 2.05) is 17.9 Å². The number of hydrogen-bond donors (Lipinski definition) is 3. The molecule has 0 atom stereocenters. The summed E-state index contributed by atoms with van der Waals surface area (Å²) in [5.41, 5.74) is 3.46. The molecule has 1 amide bonds. The largest absolute Gasteiger partial charge is 0.353 e. The zero-order chi connectivity index (χ0) is 28.0. The number of hydrogen-bond acceptors (Lipinski definition) is 7. The summed E-state index contributed by atoms with van der Waals surface area (Å²) in [5.74, 6) is 1.88. The smallest absolute Gasteiger partial charge is 0.225 e. The molecule has 3 N–H and O–H groups in total. The fourth-order valence-corrected chi connectivity index (χ4v) is 5.68. The van der Waals surface area contributed by atoms with Gasteiger partial charge in [-0.25, -0.2) is 4.98 Å². The lowest BCUT2D eigenvalue weighted by molar-refractivity contribution is -0.131. The summed E-state index contributed by atoms with van der Waals surface area (Å²) in [4.78, 5) is 26.2. The van der Waals surface area contributed by atoms with E-state index in [-0.39, 0.29) is 0 Å². The van der Waals surface area contributed by atoms with E-state index < -0.39 is 0 Å². The van der Waals surface area contributed by atoms with E-state index >= 15 is 0 Å². The summed E-state index contributed by atoms with van der Waals surface area (Å²) < 4.78 is 0. The first-order chi connectivity index (χ1) is 19.6. The van der Waals surface area contributed by atoms with Crippen LogP contribution in [-0.2, 0) is 17.9 Å². The summed E-state index contributed by atoms with van der Waals surface area (Å²) in [6.07, 6.45) is 12.0. The number of carbonyl (C=O) groups is 1. The molecule has 1 aliphatic heterocycles. The number of rotatable bonds is 15. The van der Waals surface area contributed by atoms with E-state index in [1.165, 1.54) is 49.7 Å². The lowest BCUT2D eigenvalue weighted by atomic mass is 9.95.